The number of carbonyl (C=O) groups excluding carboxylic acids is 4. The van der Waals surface area contributed by atoms with E-state index in [1.807, 2.05) is 19.1 Å². The molecule has 8 rings (SSSR count). The van der Waals surface area contributed by atoms with Gasteiger partial charge in [0.25, 0.3) is 0 Å². The van der Waals surface area contributed by atoms with E-state index in [0.717, 1.165) is 88.2 Å². The Hall–Kier alpha value is -4.20. The number of hydrogen-bond donors (Lipinski definition) is 3. The lowest BCUT2D eigenvalue weighted by molar-refractivity contribution is -0.294. The first kappa shape index (κ1) is 67.9. The molecule has 83 heavy (non-hydrogen) atoms. The maximum absolute atomic E-state index is 12.2. The molecule has 1 aliphatic heterocycles. The molecule has 0 bridgehead atoms. The summed E-state index contributed by atoms with van der Waals surface area (Å²) in [6, 6.07) is 1.98. The normalized spacial score (nSPS) is 38.2. The predicted octanol–water partition coefficient (Wildman–Crippen LogP) is 14.6. The summed E-state index contributed by atoms with van der Waals surface area (Å²) in [6.45, 7) is 44.5. The molecule has 0 spiro atoms. The van der Waals surface area contributed by atoms with Gasteiger partial charge in [-0.05, 0) is 166 Å². The third kappa shape index (κ3) is 13.1. The monoisotopic (exact) mass is 1160 g/mol. The maximum atomic E-state index is 12.2. The number of allylic oxidation sites excluding steroid dienone is 2. The SMILES string of the molecule is C=C1C=C(CC[C@@]2(O)C(C)C[C@@H](OC(C)=O)[C@@]3(C)C(C)(C)CCC[C@]23C)CO1.C=CC(C)(O)CCC1=C(C)C(OC(C)=O)C(OC(C)=O)C2C(C)(C)CCCC12C.CC(=O)O[C@@H]1CC(C)[C@](O)(CCc2ccoc2)[C@@]2(C)CCCC(C)(C)C12. The quantitative estimate of drug-likeness (QED) is 0.0908. The number of fused-ring (bicyclic) bond motifs is 3. The molecule has 0 aromatic carbocycles. The van der Waals surface area contributed by atoms with Crippen LogP contribution in [-0.4, -0.2) is 87.0 Å². The van der Waals surface area contributed by atoms with Gasteiger partial charge in [0.1, 0.15) is 30.7 Å². The summed E-state index contributed by atoms with van der Waals surface area (Å²) in [5.41, 5.74) is 0.762. The Bertz CT molecular complexity index is 2580. The Morgan fingerprint density at radius 3 is 1.84 bits per heavy atom. The molecule has 13 nitrogen and oxygen atoms in total. The van der Waals surface area contributed by atoms with Gasteiger partial charge in [-0.2, -0.15) is 0 Å². The molecule has 0 radical (unpaired) electrons. The van der Waals surface area contributed by atoms with Gasteiger partial charge < -0.3 is 43.4 Å². The molecular weight excluding hydrogens is 1050 g/mol. The van der Waals surface area contributed by atoms with Crippen molar-refractivity contribution in [2.24, 2.45) is 61.6 Å². The minimum absolute atomic E-state index is 0.0179. The van der Waals surface area contributed by atoms with Crippen LogP contribution in [0.15, 0.2) is 70.8 Å². The van der Waals surface area contributed by atoms with E-state index >= 15 is 0 Å². The zero-order chi connectivity index (χ0) is 62.3. The third-order valence-electron chi connectivity index (χ3n) is 23.6. The highest BCUT2D eigenvalue weighted by Gasteiger charge is 2.72. The van der Waals surface area contributed by atoms with Crippen LogP contribution >= 0.6 is 0 Å². The summed E-state index contributed by atoms with van der Waals surface area (Å²) < 4.78 is 34.0. The fourth-order valence-corrected chi connectivity index (χ4v) is 19.0. The van der Waals surface area contributed by atoms with Crippen LogP contribution in [0.3, 0.4) is 0 Å². The molecule has 5 saturated carbocycles. The first-order valence-corrected chi connectivity index (χ1v) is 31.4. The minimum atomic E-state index is -0.965. The minimum Gasteiger partial charge on any atom is -0.490 e. The lowest BCUT2D eigenvalue weighted by Gasteiger charge is -2.70. The summed E-state index contributed by atoms with van der Waals surface area (Å²) in [7, 11) is 0. The van der Waals surface area contributed by atoms with Crippen LogP contribution in [0.5, 0.6) is 0 Å². The van der Waals surface area contributed by atoms with Gasteiger partial charge in [-0.15, -0.1) is 6.58 Å². The second-order valence-corrected chi connectivity index (χ2v) is 30.1. The number of carbonyl (C=O) groups is 4. The van der Waals surface area contributed by atoms with Crippen LogP contribution in [0.2, 0.25) is 0 Å². The van der Waals surface area contributed by atoms with Crippen LogP contribution in [0.4, 0.5) is 0 Å². The molecule has 0 saturated heterocycles. The van der Waals surface area contributed by atoms with Gasteiger partial charge in [0, 0.05) is 55.8 Å². The van der Waals surface area contributed by atoms with Crippen molar-refractivity contribution < 1.29 is 62.6 Å². The van der Waals surface area contributed by atoms with Gasteiger partial charge in [0.2, 0.25) is 0 Å². The molecule has 6 aliphatic carbocycles. The van der Waals surface area contributed by atoms with E-state index in [0.29, 0.717) is 44.5 Å². The molecule has 5 fully saturated rings. The van der Waals surface area contributed by atoms with E-state index in [1.54, 1.807) is 25.5 Å². The summed E-state index contributed by atoms with van der Waals surface area (Å²) in [4.78, 5) is 47.6. The van der Waals surface area contributed by atoms with Crippen molar-refractivity contribution >= 4 is 23.9 Å². The number of rotatable bonds is 14. The Balaban J connectivity index is 0.000000200. The summed E-state index contributed by atoms with van der Waals surface area (Å²) in [6.07, 6.45) is 20.7. The van der Waals surface area contributed by atoms with Crippen LogP contribution in [0, 0.1) is 61.6 Å². The lowest BCUT2D eigenvalue weighted by atomic mass is 9.36. The van der Waals surface area contributed by atoms with Crippen molar-refractivity contribution in [3.8, 4) is 0 Å². The van der Waals surface area contributed by atoms with Crippen molar-refractivity contribution in [3.63, 3.8) is 0 Å². The van der Waals surface area contributed by atoms with Crippen molar-refractivity contribution in [2.45, 2.75) is 275 Å². The topological polar surface area (TPSA) is 188 Å². The first-order valence-electron chi connectivity index (χ1n) is 31.4. The highest BCUT2D eigenvalue weighted by atomic mass is 16.6. The number of esters is 4. The van der Waals surface area contributed by atoms with Crippen LogP contribution in [0.25, 0.3) is 0 Å². The predicted molar refractivity (Wildman–Crippen MR) is 324 cm³/mol. The Morgan fingerprint density at radius 1 is 0.723 bits per heavy atom. The van der Waals surface area contributed by atoms with E-state index in [1.165, 1.54) is 38.8 Å². The van der Waals surface area contributed by atoms with E-state index in [-0.39, 0.29) is 97.7 Å². The molecular formula is C70H110O13. The molecule has 1 aromatic heterocycles. The van der Waals surface area contributed by atoms with Gasteiger partial charge in [-0.25, -0.2) is 0 Å². The zero-order valence-corrected chi connectivity index (χ0v) is 54.6. The van der Waals surface area contributed by atoms with Crippen LogP contribution in [0.1, 0.15) is 233 Å². The Labute approximate surface area is 499 Å². The highest BCUT2D eigenvalue weighted by molar-refractivity contribution is 5.68. The summed E-state index contributed by atoms with van der Waals surface area (Å²) >= 11 is 0. The van der Waals surface area contributed by atoms with E-state index in [9.17, 15) is 34.5 Å². The van der Waals surface area contributed by atoms with Crippen LogP contribution < -0.4 is 0 Å². The largest absolute Gasteiger partial charge is 0.490 e. The molecule has 1 aromatic rings. The number of aliphatic hydroxyl groups is 3. The maximum Gasteiger partial charge on any atom is 0.303 e. The number of furan rings is 1. The average Bonchev–Trinajstić information content (AvgIpc) is 3.57. The third-order valence-corrected chi connectivity index (χ3v) is 23.6. The fraction of sp³-hybridized carbons (Fsp3) is 0.771. The molecule has 2 heterocycles. The van der Waals surface area contributed by atoms with Crippen molar-refractivity contribution in [2.75, 3.05) is 6.61 Å². The van der Waals surface area contributed by atoms with Crippen molar-refractivity contribution in [1.29, 1.82) is 0 Å². The summed E-state index contributed by atoms with van der Waals surface area (Å²) in [5.74, 6) is -0.160. The number of hydrogen-bond acceptors (Lipinski definition) is 13. The molecule has 7 aliphatic rings. The van der Waals surface area contributed by atoms with Gasteiger partial charge >= 0.3 is 23.9 Å². The molecule has 15 atom stereocenters. The van der Waals surface area contributed by atoms with Crippen LogP contribution in [-0.2, 0) is 49.3 Å². The standard InChI is InChI=1S/C24H38O5.C24H38O4.C22H34O4/c1-9-23(7,27)14-11-18-15(2)19(28-16(3)25)20(29-17(4)26)21-22(5,6)12-10-13-24(18,21)8;1-16-13-20(28-18(3)25)23(7)21(4,5)10-8-11-22(23,6)24(16,26)12-9-19-14-17(2)27-15-19;1-15-13-18(26-16(2)23)19-20(3,4)9-6-10-21(19,5)22(15,24)11-7-17-8-12-25-14-17/h9,19-21,27H,1,10-14H2,2-8H3;14,16,20,26H,2,8-13,15H2,1,3-7H3;8,12,14-15,18-19,24H,6-7,9-11,13H2,1-5H3/t;16?,20-,22+,23+,24-;15?,18-,19?,21+,22-/m.11/s1. The van der Waals surface area contributed by atoms with E-state index < -0.39 is 29.0 Å². The number of ether oxygens (including phenoxy) is 5. The molecule has 8 unspecified atom stereocenters. The van der Waals surface area contributed by atoms with Gasteiger partial charge in [-0.1, -0.05) is 121 Å². The second kappa shape index (κ2) is 24.9. The second-order valence-electron chi connectivity index (χ2n) is 30.1. The van der Waals surface area contributed by atoms with E-state index in [2.05, 4.69) is 96.2 Å². The molecule has 13 heteroatoms. The van der Waals surface area contributed by atoms with Gasteiger partial charge in [0.15, 0.2) is 6.10 Å². The lowest BCUT2D eigenvalue weighted by Crippen LogP contribution is -2.72. The van der Waals surface area contributed by atoms with Crippen molar-refractivity contribution in [3.05, 3.63) is 71.9 Å². The Morgan fingerprint density at radius 2 is 1.29 bits per heavy atom. The first-order chi connectivity index (χ1) is 38.2. The number of aryl methyl sites for hydroxylation is 1. The Kier molecular flexibility index (Phi) is 20.4. The summed E-state index contributed by atoms with van der Waals surface area (Å²) in [5, 5.41) is 34.8. The smallest absolute Gasteiger partial charge is 0.303 e. The van der Waals surface area contributed by atoms with Gasteiger partial charge in [0.05, 0.1) is 29.3 Å². The van der Waals surface area contributed by atoms with Gasteiger partial charge in [-0.3, -0.25) is 19.2 Å². The van der Waals surface area contributed by atoms with Crippen molar-refractivity contribution in [1.82, 2.24) is 0 Å². The zero-order valence-electron chi connectivity index (χ0n) is 54.6. The molecule has 0 amide bonds. The molecule has 468 valence electrons. The molecule has 3 N–H and O–H groups in total. The van der Waals surface area contributed by atoms with E-state index in [4.69, 9.17) is 28.1 Å². The average molecular weight is 1160 g/mol. The fourth-order valence-electron chi connectivity index (χ4n) is 19.0. The highest BCUT2D eigenvalue weighted by Crippen LogP contribution is 2.71.